The molecule has 4 heteroatoms. The zero-order chi connectivity index (χ0) is 13.0. The average Bonchev–Trinajstić information content (AvgIpc) is 2.77. The molecule has 2 N–H and O–H groups in total. The van der Waals surface area contributed by atoms with Crippen LogP contribution in [0.25, 0.3) is 0 Å². The van der Waals surface area contributed by atoms with Gasteiger partial charge in [0.2, 0.25) is 0 Å². The van der Waals surface area contributed by atoms with Gasteiger partial charge in [-0.05, 0) is 39.0 Å². The van der Waals surface area contributed by atoms with Crippen LogP contribution in [0.4, 0.5) is 11.5 Å². The lowest BCUT2D eigenvalue weighted by Crippen LogP contribution is -2.06. The standard InChI is InChI=1S/C14H19N3O/c1-4-15-14-9-12(7-8-16-14)17-11(3)13-6-5-10(2)18-13/h5-9,11H,4H2,1-3H3,(H2,15,16,17). The van der Waals surface area contributed by atoms with E-state index in [0.29, 0.717) is 0 Å². The maximum absolute atomic E-state index is 5.60. The molecule has 0 aliphatic rings. The molecule has 0 saturated heterocycles. The summed E-state index contributed by atoms with van der Waals surface area (Å²) >= 11 is 0. The lowest BCUT2D eigenvalue weighted by atomic mass is 10.2. The second-order valence-corrected chi connectivity index (χ2v) is 4.27. The van der Waals surface area contributed by atoms with Gasteiger partial charge in [-0.15, -0.1) is 0 Å². The number of rotatable bonds is 5. The molecule has 0 aromatic carbocycles. The smallest absolute Gasteiger partial charge is 0.127 e. The Balaban J connectivity index is 2.06. The van der Waals surface area contributed by atoms with Crippen LogP contribution >= 0.6 is 0 Å². The lowest BCUT2D eigenvalue weighted by molar-refractivity contribution is 0.467. The fraction of sp³-hybridized carbons (Fsp3) is 0.357. The summed E-state index contributed by atoms with van der Waals surface area (Å²) in [5.74, 6) is 2.75. The first kappa shape index (κ1) is 12.5. The topological polar surface area (TPSA) is 50.1 Å². The number of aryl methyl sites for hydroxylation is 1. The molecule has 1 atom stereocenters. The normalized spacial score (nSPS) is 12.2. The molecule has 2 aromatic rings. The highest BCUT2D eigenvalue weighted by molar-refractivity contribution is 5.52. The maximum Gasteiger partial charge on any atom is 0.127 e. The third-order valence-corrected chi connectivity index (χ3v) is 2.69. The van der Waals surface area contributed by atoms with Crippen LogP contribution in [0.15, 0.2) is 34.9 Å². The van der Waals surface area contributed by atoms with Crippen molar-refractivity contribution in [3.8, 4) is 0 Å². The van der Waals surface area contributed by atoms with Crippen molar-refractivity contribution >= 4 is 11.5 Å². The third kappa shape index (κ3) is 3.03. The highest BCUT2D eigenvalue weighted by Gasteiger charge is 2.09. The average molecular weight is 245 g/mol. The minimum Gasteiger partial charge on any atom is -0.464 e. The van der Waals surface area contributed by atoms with Crippen molar-refractivity contribution in [2.45, 2.75) is 26.8 Å². The quantitative estimate of drug-likeness (QED) is 0.845. The molecule has 0 amide bonds. The monoisotopic (exact) mass is 245 g/mol. The molecule has 0 bridgehead atoms. The summed E-state index contributed by atoms with van der Waals surface area (Å²) in [7, 11) is 0. The Bertz CT molecular complexity index is 507. The minimum absolute atomic E-state index is 0.135. The first-order valence-electron chi connectivity index (χ1n) is 6.22. The molecule has 2 rings (SSSR count). The van der Waals surface area contributed by atoms with Crippen molar-refractivity contribution in [3.63, 3.8) is 0 Å². The number of aromatic nitrogens is 1. The molecule has 0 aliphatic carbocycles. The fourth-order valence-corrected chi connectivity index (χ4v) is 1.81. The van der Waals surface area contributed by atoms with E-state index < -0.39 is 0 Å². The van der Waals surface area contributed by atoms with E-state index in [1.165, 1.54) is 0 Å². The highest BCUT2D eigenvalue weighted by atomic mass is 16.3. The van der Waals surface area contributed by atoms with Gasteiger partial charge in [0, 0.05) is 24.5 Å². The number of hydrogen-bond donors (Lipinski definition) is 2. The number of furan rings is 1. The number of hydrogen-bond acceptors (Lipinski definition) is 4. The van der Waals surface area contributed by atoms with Gasteiger partial charge in [-0.2, -0.15) is 0 Å². The summed E-state index contributed by atoms with van der Waals surface area (Å²) in [6.07, 6.45) is 1.79. The predicted molar refractivity (Wildman–Crippen MR) is 73.9 cm³/mol. The van der Waals surface area contributed by atoms with Crippen molar-refractivity contribution in [2.75, 3.05) is 17.2 Å². The van der Waals surface area contributed by atoms with Crippen LogP contribution in [0.2, 0.25) is 0 Å². The minimum atomic E-state index is 0.135. The Hall–Kier alpha value is -1.97. The Morgan fingerprint density at radius 1 is 1.33 bits per heavy atom. The number of nitrogens with one attached hydrogen (secondary N) is 2. The summed E-state index contributed by atoms with van der Waals surface area (Å²) in [4.78, 5) is 4.24. The molecule has 96 valence electrons. The van der Waals surface area contributed by atoms with Gasteiger partial charge in [0.1, 0.15) is 17.3 Å². The van der Waals surface area contributed by atoms with E-state index in [2.05, 4.69) is 29.5 Å². The van der Waals surface area contributed by atoms with Crippen LogP contribution < -0.4 is 10.6 Å². The predicted octanol–water partition coefficient (Wildman–Crippen LogP) is 3.59. The van der Waals surface area contributed by atoms with Crippen LogP contribution in [0.1, 0.15) is 31.4 Å². The van der Waals surface area contributed by atoms with Crippen LogP contribution in [0.3, 0.4) is 0 Å². The van der Waals surface area contributed by atoms with E-state index in [9.17, 15) is 0 Å². The Kier molecular flexibility index (Phi) is 3.87. The SMILES string of the molecule is CCNc1cc(NC(C)c2ccc(C)o2)ccn1. The number of nitrogens with zero attached hydrogens (tertiary/aromatic N) is 1. The maximum atomic E-state index is 5.60. The highest BCUT2D eigenvalue weighted by Crippen LogP contribution is 2.22. The van der Waals surface area contributed by atoms with Gasteiger partial charge in [0.25, 0.3) is 0 Å². The molecule has 0 saturated carbocycles. The summed E-state index contributed by atoms with van der Waals surface area (Å²) < 4.78 is 5.60. The van der Waals surface area contributed by atoms with Gasteiger partial charge in [0.15, 0.2) is 0 Å². The van der Waals surface area contributed by atoms with Gasteiger partial charge in [-0.3, -0.25) is 0 Å². The van der Waals surface area contributed by atoms with E-state index in [1.807, 2.05) is 31.2 Å². The largest absolute Gasteiger partial charge is 0.464 e. The second kappa shape index (κ2) is 5.58. The summed E-state index contributed by atoms with van der Waals surface area (Å²) in [5.41, 5.74) is 1.03. The van der Waals surface area contributed by atoms with Gasteiger partial charge in [-0.25, -0.2) is 4.98 Å². The van der Waals surface area contributed by atoms with Gasteiger partial charge < -0.3 is 15.1 Å². The molecular weight excluding hydrogens is 226 g/mol. The van der Waals surface area contributed by atoms with Crippen molar-refractivity contribution in [3.05, 3.63) is 42.0 Å². The number of anilines is 2. The van der Waals surface area contributed by atoms with E-state index in [1.54, 1.807) is 6.20 Å². The van der Waals surface area contributed by atoms with E-state index in [0.717, 1.165) is 29.6 Å². The zero-order valence-corrected chi connectivity index (χ0v) is 11.0. The Labute approximate surface area is 107 Å². The summed E-state index contributed by atoms with van der Waals surface area (Å²) in [6, 6.07) is 8.06. The van der Waals surface area contributed by atoms with E-state index in [-0.39, 0.29) is 6.04 Å². The summed E-state index contributed by atoms with van der Waals surface area (Å²) in [5, 5.41) is 6.59. The molecule has 0 spiro atoms. The second-order valence-electron chi connectivity index (χ2n) is 4.27. The van der Waals surface area contributed by atoms with Crippen LogP contribution in [-0.2, 0) is 0 Å². The van der Waals surface area contributed by atoms with E-state index in [4.69, 9.17) is 4.42 Å². The molecule has 1 unspecified atom stereocenters. The first-order valence-corrected chi connectivity index (χ1v) is 6.22. The molecule has 2 heterocycles. The molecule has 0 fully saturated rings. The van der Waals surface area contributed by atoms with Crippen molar-refractivity contribution < 1.29 is 4.42 Å². The van der Waals surface area contributed by atoms with E-state index >= 15 is 0 Å². The van der Waals surface area contributed by atoms with Gasteiger partial charge in [0.05, 0.1) is 6.04 Å². The van der Waals surface area contributed by atoms with Crippen LogP contribution in [0, 0.1) is 6.92 Å². The fourth-order valence-electron chi connectivity index (χ4n) is 1.81. The Morgan fingerprint density at radius 2 is 2.17 bits per heavy atom. The molecule has 18 heavy (non-hydrogen) atoms. The molecular formula is C14H19N3O. The van der Waals surface area contributed by atoms with Gasteiger partial charge >= 0.3 is 0 Å². The van der Waals surface area contributed by atoms with Crippen LogP contribution in [0.5, 0.6) is 0 Å². The first-order chi connectivity index (χ1) is 8.69. The molecule has 4 nitrogen and oxygen atoms in total. The molecule has 2 aromatic heterocycles. The van der Waals surface area contributed by atoms with Crippen molar-refractivity contribution in [2.24, 2.45) is 0 Å². The zero-order valence-electron chi connectivity index (χ0n) is 11.0. The van der Waals surface area contributed by atoms with Crippen LogP contribution in [-0.4, -0.2) is 11.5 Å². The third-order valence-electron chi connectivity index (χ3n) is 2.69. The summed E-state index contributed by atoms with van der Waals surface area (Å²) in [6.45, 7) is 6.94. The lowest BCUT2D eigenvalue weighted by Gasteiger charge is -2.13. The van der Waals surface area contributed by atoms with Crippen molar-refractivity contribution in [1.29, 1.82) is 0 Å². The molecule has 0 aliphatic heterocycles. The number of pyridine rings is 1. The van der Waals surface area contributed by atoms with Gasteiger partial charge in [-0.1, -0.05) is 0 Å². The molecule has 0 radical (unpaired) electrons. The van der Waals surface area contributed by atoms with Crippen molar-refractivity contribution in [1.82, 2.24) is 4.98 Å². The Morgan fingerprint density at radius 3 is 2.83 bits per heavy atom.